The molecular weight excluding hydrogens is 266 g/mol. The Morgan fingerprint density at radius 1 is 1.24 bits per heavy atom. The predicted octanol–water partition coefficient (Wildman–Crippen LogP) is 2.78. The van der Waals surface area contributed by atoms with Crippen LogP contribution in [0, 0.1) is 6.92 Å². The number of piperidine rings is 1. The van der Waals surface area contributed by atoms with Crippen molar-refractivity contribution in [2.75, 3.05) is 6.54 Å². The smallest absolute Gasteiger partial charge is 0.303 e. The van der Waals surface area contributed by atoms with Crippen molar-refractivity contribution in [1.82, 2.24) is 4.90 Å². The second kappa shape index (κ2) is 7.25. The molecule has 1 heterocycles. The van der Waals surface area contributed by atoms with Crippen molar-refractivity contribution in [3.63, 3.8) is 0 Å². The van der Waals surface area contributed by atoms with Gasteiger partial charge in [-0.15, -0.1) is 0 Å². The largest absolute Gasteiger partial charge is 0.481 e. The lowest BCUT2D eigenvalue weighted by Crippen LogP contribution is -2.44. The van der Waals surface area contributed by atoms with E-state index in [1.807, 2.05) is 36.1 Å². The van der Waals surface area contributed by atoms with Crippen LogP contribution in [-0.4, -0.2) is 34.5 Å². The quantitative estimate of drug-likeness (QED) is 0.906. The Hall–Kier alpha value is -1.84. The zero-order valence-electron chi connectivity index (χ0n) is 12.5. The van der Waals surface area contributed by atoms with Crippen molar-refractivity contribution < 1.29 is 14.7 Å². The van der Waals surface area contributed by atoms with Gasteiger partial charge in [0.2, 0.25) is 5.91 Å². The van der Waals surface area contributed by atoms with Gasteiger partial charge in [-0.2, -0.15) is 0 Å². The maximum Gasteiger partial charge on any atom is 0.303 e. The lowest BCUT2D eigenvalue weighted by atomic mass is 9.97. The minimum absolute atomic E-state index is 0.0906. The average molecular weight is 289 g/mol. The number of rotatable bonds is 5. The van der Waals surface area contributed by atoms with Gasteiger partial charge >= 0.3 is 5.97 Å². The Morgan fingerprint density at radius 3 is 2.62 bits per heavy atom. The highest BCUT2D eigenvalue weighted by molar-refractivity contribution is 5.79. The summed E-state index contributed by atoms with van der Waals surface area (Å²) in [6, 6.07) is 8.10. The van der Waals surface area contributed by atoms with Crippen LogP contribution in [0.5, 0.6) is 0 Å². The molecule has 1 N–H and O–H groups in total. The molecule has 4 heteroatoms. The summed E-state index contributed by atoms with van der Waals surface area (Å²) in [5, 5.41) is 8.83. The highest BCUT2D eigenvalue weighted by atomic mass is 16.4. The number of aryl methyl sites for hydroxylation is 1. The molecule has 1 fully saturated rings. The summed E-state index contributed by atoms with van der Waals surface area (Å²) in [6.45, 7) is 2.78. The minimum Gasteiger partial charge on any atom is -0.481 e. The molecule has 2 rings (SSSR count). The molecule has 1 aliphatic rings. The van der Waals surface area contributed by atoms with E-state index in [2.05, 4.69) is 0 Å². The van der Waals surface area contributed by atoms with Crippen molar-refractivity contribution in [3.05, 3.63) is 35.4 Å². The number of likely N-dealkylation sites (tertiary alicyclic amines) is 1. The molecule has 0 spiro atoms. The molecule has 0 radical (unpaired) electrons. The van der Waals surface area contributed by atoms with E-state index in [1.165, 1.54) is 5.56 Å². The number of hydrogen-bond donors (Lipinski definition) is 1. The summed E-state index contributed by atoms with van der Waals surface area (Å²) in [5.74, 6) is -0.666. The molecule has 0 aliphatic carbocycles. The molecule has 0 unspecified atom stereocenters. The summed E-state index contributed by atoms with van der Waals surface area (Å²) in [5.41, 5.74) is 2.21. The molecule has 1 aliphatic heterocycles. The molecule has 1 aromatic carbocycles. The third-order valence-electron chi connectivity index (χ3n) is 4.11. The van der Waals surface area contributed by atoms with Gasteiger partial charge in [0.1, 0.15) is 0 Å². The van der Waals surface area contributed by atoms with E-state index in [4.69, 9.17) is 5.11 Å². The molecule has 114 valence electrons. The van der Waals surface area contributed by atoms with E-state index in [0.29, 0.717) is 12.8 Å². The average Bonchev–Trinajstić information content (AvgIpc) is 2.47. The number of benzene rings is 1. The van der Waals surface area contributed by atoms with Crippen LogP contribution in [0.15, 0.2) is 24.3 Å². The third-order valence-corrected chi connectivity index (χ3v) is 4.11. The monoisotopic (exact) mass is 289 g/mol. The fourth-order valence-electron chi connectivity index (χ4n) is 2.90. The topological polar surface area (TPSA) is 57.6 Å². The fourth-order valence-corrected chi connectivity index (χ4v) is 2.90. The Balaban J connectivity index is 1.97. The van der Waals surface area contributed by atoms with Gasteiger partial charge in [0, 0.05) is 19.0 Å². The van der Waals surface area contributed by atoms with Gasteiger partial charge in [0.05, 0.1) is 6.42 Å². The van der Waals surface area contributed by atoms with Crippen molar-refractivity contribution in [1.29, 1.82) is 0 Å². The van der Waals surface area contributed by atoms with E-state index in [-0.39, 0.29) is 18.4 Å². The van der Waals surface area contributed by atoms with Crippen LogP contribution < -0.4 is 0 Å². The van der Waals surface area contributed by atoms with Gasteiger partial charge in [-0.05, 0) is 38.2 Å². The van der Waals surface area contributed by atoms with Gasteiger partial charge in [-0.3, -0.25) is 9.59 Å². The molecule has 4 nitrogen and oxygen atoms in total. The Kier molecular flexibility index (Phi) is 5.37. The van der Waals surface area contributed by atoms with Crippen LogP contribution in [0.1, 0.15) is 43.2 Å². The van der Waals surface area contributed by atoms with Crippen LogP contribution in [0.25, 0.3) is 0 Å². The number of carbonyl (C=O) groups excluding carboxylic acids is 1. The highest BCUT2D eigenvalue weighted by Crippen LogP contribution is 2.22. The number of aliphatic carboxylic acids is 1. The van der Waals surface area contributed by atoms with Gasteiger partial charge in [-0.1, -0.05) is 29.8 Å². The van der Waals surface area contributed by atoms with E-state index in [0.717, 1.165) is 31.4 Å². The summed E-state index contributed by atoms with van der Waals surface area (Å²) in [7, 11) is 0. The number of amides is 1. The first kappa shape index (κ1) is 15.5. The van der Waals surface area contributed by atoms with Crippen molar-refractivity contribution in [2.24, 2.45) is 0 Å². The molecular formula is C17H23NO3. The van der Waals surface area contributed by atoms with Crippen LogP contribution in [-0.2, 0) is 16.0 Å². The molecule has 1 saturated heterocycles. The summed E-state index contributed by atoms with van der Waals surface area (Å²) >= 11 is 0. The van der Waals surface area contributed by atoms with Crippen molar-refractivity contribution in [2.45, 2.75) is 51.5 Å². The predicted molar refractivity (Wildman–Crippen MR) is 81.1 cm³/mol. The van der Waals surface area contributed by atoms with E-state index < -0.39 is 5.97 Å². The number of carbonyl (C=O) groups is 2. The van der Waals surface area contributed by atoms with Crippen LogP contribution in [0.4, 0.5) is 0 Å². The zero-order valence-corrected chi connectivity index (χ0v) is 12.5. The summed E-state index contributed by atoms with van der Waals surface area (Å²) in [6.07, 6.45) is 4.13. The van der Waals surface area contributed by atoms with E-state index >= 15 is 0 Å². The van der Waals surface area contributed by atoms with Crippen LogP contribution in [0.3, 0.4) is 0 Å². The molecule has 1 atom stereocenters. The maximum absolute atomic E-state index is 12.5. The second-order valence-corrected chi connectivity index (χ2v) is 5.83. The Labute approximate surface area is 125 Å². The standard InChI is InChI=1S/C17H23NO3/c1-13-5-7-14(8-6-13)12-16(19)18-11-3-2-4-15(18)9-10-17(20)21/h5-8,15H,2-4,9-12H2,1H3,(H,20,21)/t15-/m0/s1. The Bertz CT molecular complexity index is 495. The van der Waals surface area contributed by atoms with Crippen molar-refractivity contribution in [3.8, 4) is 0 Å². The first-order chi connectivity index (χ1) is 10.1. The number of hydrogen-bond acceptors (Lipinski definition) is 2. The van der Waals surface area contributed by atoms with Gasteiger partial charge in [0.25, 0.3) is 0 Å². The van der Waals surface area contributed by atoms with Crippen molar-refractivity contribution >= 4 is 11.9 Å². The van der Waals surface area contributed by atoms with Crippen LogP contribution in [0.2, 0.25) is 0 Å². The number of carboxylic acid groups (broad SMARTS) is 1. The molecule has 21 heavy (non-hydrogen) atoms. The molecule has 0 bridgehead atoms. The number of carboxylic acids is 1. The van der Waals surface area contributed by atoms with Gasteiger partial charge in [0.15, 0.2) is 0 Å². The summed E-state index contributed by atoms with van der Waals surface area (Å²) in [4.78, 5) is 25.1. The fraction of sp³-hybridized carbons (Fsp3) is 0.529. The lowest BCUT2D eigenvalue weighted by Gasteiger charge is -2.35. The van der Waals surface area contributed by atoms with E-state index in [9.17, 15) is 9.59 Å². The molecule has 1 aromatic rings. The van der Waals surface area contributed by atoms with Crippen LogP contribution >= 0.6 is 0 Å². The first-order valence-electron chi connectivity index (χ1n) is 7.63. The molecule has 0 saturated carbocycles. The zero-order chi connectivity index (χ0) is 15.2. The molecule has 0 aromatic heterocycles. The first-order valence-corrected chi connectivity index (χ1v) is 7.63. The SMILES string of the molecule is Cc1ccc(CC(=O)N2CCCC[C@H]2CCC(=O)O)cc1. The van der Waals surface area contributed by atoms with E-state index in [1.54, 1.807) is 0 Å². The highest BCUT2D eigenvalue weighted by Gasteiger charge is 2.26. The lowest BCUT2D eigenvalue weighted by molar-refractivity contribution is -0.139. The summed E-state index contributed by atoms with van der Waals surface area (Å²) < 4.78 is 0. The third kappa shape index (κ3) is 4.59. The molecule has 1 amide bonds. The normalized spacial score (nSPS) is 18.5. The van der Waals surface area contributed by atoms with Gasteiger partial charge in [-0.25, -0.2) is 0 Å². The maximum atomic E-state index is 12.5. The van der Waals surface area contributed by atoms with Gasteiger partial charge < -0.3 is 10.0 Å². The minimum atomic E-state index is -0.786. The number of nitrogens with zero attached hydrogens (tertiary/aromatic N) is 1. The Morgan fingerprint density at radius 2 is 1.95 bits per heavy atom. The second-order valence-electron chi connectivity index (χ2n) is 5.83.